The minimum Gasteiger partial charge on any atom is -0.392 e. The van der Waals surface area contributed by atoms with Gasteiger partial charge in [-0.25, -0.2) is 8.42 Å². The molecule has 0 spiro atoms. The molecule has 1 saturated heterocycles. The van der Waals surface area contributed by atoms with E-state index in [0.717, 1.165) is 0 Å². The van der Waals surface area contributed by atoms with Crippen LogP contribution in [0.4, 0.5) is 11.4 Å². The van der Waals surface area contributed by atoms with Gasteiger partial charge in [0.15, 0.2) is 9.84 Å². The van der Waals surface area contributed by atoms with Crippen molar-refractivity contribution in [1.29, 1.82) is 0 Å². The van der Waals surface area contributed by atoms with Crippen molar-refractivity contribution in [2.45, 2.75) is 6.61 Å². The van der Waals surface area contributed by atoms with Crippen molar-refractivity contribution in [3.8, 4) is 0 Å². The summed E-state index contributed by atoms with van der Waals surface area (Å²) in [5.74, 6) is 0.0117. The molecule has 2 rings (SSSR count). The van der Waals surface area contributed by atoms with Gasteiger partial charge < -0.3 is 10.0 Å². The van der Waals surface area contributed by atoms with Crippen molar-refractivity contribution in [3.05, 3.63) is 33.9 Å². The number of benzene rings is 1. The van der Waals surface area contributed by atoms with E-state index in [4.69, 9.17) is 5.11 Å². The second-order valence-corrected chi connectivity index (χ2v) is 6.68. The van der Waals surface area contributed by atoms with Crippen molar-refractivity contribution < 1.29 is 18.4 Å². The largest absolute Gasteiger partial charge is 0.392 e. The van der Waals surface area contributed by atoms with E-state index in [1.165, 1.54) is 6.07 Å². The topological polar surface area (TPSA) is 101 Å². The highest BCUT2D eigenvalue weighted by Gasteiger charge is 2.26. The number of sulfone groups is 1. The first-order valence-corrected chi connectivity index (χ1v) is 7.58. The van der Waals surface area contributed by atoms with Crippen LogP contribution in [-0.4, -0.2) is 43.0 Å². The van der Waals surface area contributed by atoms with Gasteiger partial charge in [-0.2, -0.15) is 0 Å². The molecule has 1 fully saturated rings. The smallest absolute Gasteiger partial charge is 0.292 e. The van der Waals surface area contributed by atoms with Crippen LogP contribution in [0.2, 0.25) is 0 Å². The minimum absolute atomic E-state index is 0.00586. The maximum atomic E-state index is 11.4. The predicted octanol–water partition coefficient (Wildman–Crippen LogP) is 0.322. The Labute approximate surface area is 110 Å². The summed E-state index contributed by atoms with van der Waals surface area (Å²) in [6, 6.07) is 4.48. The highest BCUT2D eigenvalue weighted by atomic mass is 32.2. The van der Waals surface area contributed by atoms with E-state index in [1.807, 2.05) is 0 Å². The summed E-state index contributed by atoms with van der Waals surface area (Å²) in [7, 11) is -3.02. The van der Waals surface area contributed by atoms with E-state index in [2.05, 4.69) is 0 Å². The van der Waals surface area contributed by atoms with Gasteiger partial charge in [-0.1, -0.05) is 6.07 Å². The van der Waals surface area contributed by atoms with E-state index >= 15 is 0 Å². The van der Waals surface area contributed by atoms with Crippen LogP contribution < -0.4 is 4.90 Å². The quantitative estimate of drug-likeness (QED) is 0.634. The van der Waals surface area contributed by atoms with Crippen LogP contribution in [0.3, 0.4) is 0 Å². The summed E-state index contributed by atoms with van der Waals surface area (Å²) in [5, 5.41) is 20.0. The molecular weight excluding hydrogens is 272 g/mol. The second kappa shape index (κ2) is 5.14. The number of hydrogen-bond donors (Lipinski definition) is 1. The van der Waals surface area contributed by atoms with Crippen LogP contribution in [0.15, 0.2) is 18.2 Å². The lowest BCUT2D eigenvalue weighted by Crippen LogP contribution is -2.40. The summed E-state index contributed by atoms with van der Waals surface area (Å²) in [6.45, 7) is 0.235. The van der Waals surface area contributed by atoms with Crippen molar-refractivity contribution in [1.82, 2.24) is 0 Å². The fourth-order valence-corrected chi connectivity index (χ4v) is 3.24. The van der Waals surface area contributed by atoms with Crippen LogP contribution in [-0.2, 0) is 16.4 Å². The molecule has 0 aromatic heterocycles. The fourth-order valence-electron chi connectivity index (χ4n) is 2.03. The maximum Gasteiger partial charge on any atom is 0.292 e. The van der Waals surface area contributed by atoms with Crippen LogP contribution in [0.5, 0.6) is 0 Å². The molecule has 104 valence electrons. The molecule has 0 aliphatic carbocycles. The zero-order chi connectivity index (χ0) is 14.0. The summed E-state index contributed by atoms with van der Waals surface area (Å²) in [5.41, 5.74) is 0.753. The zero-order valence-corrected chi connectivity index (χ0v) is 11.0. The van der Waals surface area contributed by atoms with Crippen LogP contribution >= 0.6 is 0 Å². The average Bonchev–Trinajstić information content (AvgIpc) is 2.38. The number of nitro groups is 1. The average molecular weight is 286 g/mol. The van der Waals surface area contributed by atoms with Crippen LogP contribution in [0.1, 0.15) is 5.56 Å². The Bertz CT molecular complexity index is 585. The molecule has 8 heteroatoms. The molecule has 1 aliphatic heterocycles. The lowest BCUT2D eigenvalue weighted by molar-refractivity contribution is -0.384. The lowest BCUT2D eigenvalue weighted by Gasteiger charge is -2.28. The number of anilines is 1. The van der Waals surface area contributed by atoms with E-state index < -0.39 is 14.8 Å². The molecule has 0 unspecified atom stereocenters. The van der Waals surface area contributed by atoms with Gasteiger partial charge >= 0.3 is 0 Å². The Balaban J connectivity index is 2.32. The van der Waals surface area contributed by atoms with Gasteiger partial charge in [0.25, 0.3) is 5.69 Å². The highest BCUT2D eigenvalue weighted by molar-refractivity contribution is 7.91. The number of aliphatic hydroxyl groups is 1. The minimum atomic E-state index is -3.02. The lowest BCUT2D eigenvalue weighted by atomic mass is 10.1. The molecule has 0 atom stereocenters. The second-order valence-electron chi connectivity index (χ2n) is 4.38. The van der Waals surface area contributed by atoms with Gasteiger partial charge in [-0.15, -0.1) is 0 Å². The van der Waals surface area contributed by atoms with Gasteiger partial charge in [0, 0.05) is 19.2 Å². The molecule has 1 heterocycles. The highest BCUT2D eigenvalue weighted by Crippen LogP contribution is 2.30. The Hall–Kier alpha value is -1.67. The van der Waals surface area contributed by atoms with Crippen LogP contribution in [0.25, 0.3) is 0 Å². The molecular formula is C11H14N2O5S. The number of nitro benzene ring substituents is 1. The number of rotatable bonds is 3. The Kier molecular flexibility index (Phi) is 3.72. The number of nitrogens with zero attached hydrogens (tertiary/aromatic N) is 2. The Morgan fingerprint density at radius 3 is 2.47 bits per heavy atom. The molecule has 0 radical (unpaired) electrons. The van der Waals surface area contributed by atoms with Gasteiger partial charge in [0.1, 0.15) is 5.69 Å². The van der Waals surface area contributed by atoms with Crippen LogP contribution in [0, 0.1) is 10.1 Å². The molecule has 0 bridgehead atoms. The summed E-state index contributed by atoms with van der Waals surface area (Å²) < 4.78 is 22.7. The molecule has 1 N–H and O–H groups in total. The van der Waals surface area contributed by atoms with E-state index in [-0.39, 0.29) is 36.9 Å². The SMILES string of the molecule is O=[N+]([O-])c1cc(CO)ccc1N1CCS(=O)(=O)CC1. The maximum absolute atomic E-state index is 11.4. The standard InChI is InChI=1S/C11H14N2O5S/c14-8-9-1-2-10(11(7-9)13(15)16)12-3-5-19(17,18)6-4-12/h1-2,7,14H,3-6,8H2. The Morgan fingerprint density at radius 2 is 1.95 bits per heavy atom. The summed E-state index contributed by atoms with van der Waals surface area (Å²) in [6.07, 6.45) is 0. The number of hydrogen-bond acceptors (Lipinski definition) is 6. The molecule has 19 heavy (non-hydrogen) atoms. The molecule has 1 aromatic carbocycles. The van der Waals surface area contributed by atoms with Crippen molar-refractivity contribution in [3.63, 3.8) is 0 Å². The predicted molar refractivity (Wildman–Crippen MR) is 69.9 cm³/mol. The molecule has 1 aliphatic rings. The van der Waals surface area contributed by atoms with Gasteiger partial charge in [-0.3, -0.25) is 10.1 Å². The third kappa shape index (κ3) is 3.02. The normalized spacial score (nSPS) is 18.3. The summed E-state index contributed by atoms with van der Waals surface area (Å²) >= 11 is 0. The first kappa shape index (κ1) is 13.8. The Morgan fingerprint density at radius 1 is 1.32 bits per heavy atom. The van der Waals surface area contributed by atoms with Crippen molar-refractivity contribution >= 4 is 21.2 Å². The zero-order valence-electron chi connectivity index (χ0n) is 10.2. The molecule has 0 saturated carbocycles. The third-order valence-corrected chi connectivity index (χ3v) is 4.71. The first-order chi connectivity index (χ1) is 8.93. The van der Waals surface area contributed by atoms with E-state index in [1.54, 1.807) is 17.0 Å². The third-order valence-electron chi connectivity index (χ3n) is 3.10. The summed E-state index contributed by atoms with van der Waals surface area (Å²) in [4.78, 5) is 12.2. The fraction of sp³-hybridized carbons (Fsp3) is 0.455. The number of aliphatic hydroxyl groups excluding tert-OH is 1. The van der Waals surface area contributed by atoms with Gasteiger partial charge in [0.05, 0.1) is 23.0 Å². The van der Waals surface area contributed by atoms with E-state index in [9.17, 15) is 18.5 Å². The first-order valence-electron chi connectivity index (χ1n) is 5.76. The monoisotopic (exact) mass is 286 g/mol. The van der Waals surface area contributed by atoms with Crippen molar-refractivity contribution in [2.75, 3.05) is 29.5 Å². The molecule has 1 aromatic rings. The molecule has 0 amide bonds. The van der Waals surface area contributed by atoms with Gasteiger partial charge in [0.2, 0.25) is 0 Å². The van der Waals surface area contributed by atoms with Crippen molar-refractivity contribution in [2.24, 2.45) is 0 Å². The van der Waals surface area contributed by atoms with Gasteiger partial charge in [-0.05, 0) is 11.6 Å². The molecule has 7 nitrogen and oxygen atoms in total. The van der Waals surface area contributed by atoms with E-state index in [0.29, 0.717) is 11.3 Å².